The molecule has 0 radical (unpaired) electrons. The molecule has 3 nitrogen and oxygen atoms in total. The maximum absolute atomic E-state index is 6.62. The van der Waals surface area contributed by atoms with Crippen molar-refractivity contribution in [2.75, 3.05) is 0 Å². The summed E-state index contributed by atoms with van der Waals surface area (Å²) in [6.45, 7) is 4.39. The Hall–Kier alpha value is -1.35. The zero-order valence-electron chi connectivity index (χ0n) is 14.0. The number of pyridine rings is 1. The Morgan fingerprint density at radius 1 is 1.32 bits per heavy atom. The lowest BCUT2D eigenvalue weighted by Crippen LogP contribution is -2.27. The van der Waals surface area contributed by atoms with Gasteiger partial charge in [-0.3, -0.25) is 0 Å². The highest BCUT2D eigenvalue weighted by molar-refractivity contribution is 5.48. The highest BCUT2D eigenvalue weighted by Crippen LogP contribution is 2.37. The second-order valence-corrected chi connectivity index (χ2v) is 7.02. The topological polar surface area (TPSA) is 43.3 Å². The average molecular weight is 299 g/mol. The number of hydrogen-bond donors (Lipinski definition) is 1. The molecule has 0 amide bonds. The van der Waals surface area contributed by atoms with Gasteiger partial charge in [-0.25, -0.2) is 4.98 Å². The molecule has 1 atom stereocenters. The molecule has 1 unspecified atom stereocenters. The van der Waals surface area contributed by atoms with Crippen molar-refractivity contribution in [3.63, 3.8) is 0 Å². The van der Waals surface area contributed by atoms with E-state index in [1.54, 1.807) is 0 Å². The molecule has 3 rings (SSSR count). The molecule has 0 aromatic carbocycles. The molecule has 2 aromatic heterocycles. The second kappa shape index (κ2) is 6.82. The molecule has 2 N–H and O–H groups in total. The largest absolute Gasteiger partial charge is 0.322 e. The number of nitrogens with zero attached hydrogens (tertiary/aromatic N) is 2. The number of aryl methyl sites for hydroxylation is 1. The van der Waals surface area contributed by atoms with E-state index in [9.17, 15) is 0 Å². The molecule has 0 bridgehead atoms. The summed E-state index contributed by atoms with van der Waals surface area (Å²) in [6, 6.07) is 4.31. The Morgan fingerprint density at radius 2 is 2.09 bits per heavy atom. The van der Waals surface area contributed by atoms with Gasteiger partial charge in [-0.05, 0) is 43.2 Å². The minimum atomic E-state index is 0.115. The molecule has 2 heterocycles. The predicted octanol–water partition coefficient (Wildman–Crippen LogP) is 4.64. The third-order valence-corrected chi connectivity index (χ3v) is 5.47. The number of unbranched alkanes of at least 4 members (excludes halogenated alkanes) is 1. The molecular weight excluding hydrogens is 270 g/mol. The quantitative estimate of drug-likeness (QED) is 0.874. The maximum atomic E-state index is 6.62. The zero-order valence-corrected chi connectivity index (χ0v) is 14.0. The van der Waals surface area contributed by atoms with Crippen LogP contribution in [-0.2, 0) is 0 Å². The van der Waals surface area contributed by atoms with Crippen LogP contribution >= 0.6 is 0 Å². The molecule has 1 saturated carbocycles. The van der Waals surface area contributed by atoms with Crippen LogP contribution < -0.4 is 5.73 Å². The van der Waals surface area contributed by atoms with Crippen LogP contribution in [0.5, 0.6) is 0 Å². The number of rotatable bonds is 5. The van der Waals surface area contributed by atoms with Gasteiger partial charge in [0.1, 0.15) is 5.65 Å². The Bertz CT molecular complexity index is 608. The lowest BCUT2D eigenvalue weighted by Gasteiger charge is -2.32. The summed E-state index contributed by atoms with van der Waals surface area (Å²) in [6.07, 6.45) is 13.4. The molecule has 1 fully saturated rings. The first-order chi connectivity index (χ1) is 10.7. The van der Waals surface area contributed by atoms with Crippen LogP contribution in [0.3, 0.4) is 0 Å². The smallest absolute Gasteiger partial charge is 0.139 e. The van der Waals surface area contributed by atoms with E-state index < -0.39 is 0 Å². The average Bonchev–Trinajstić information content (AvgIpc) is 2.98. The molecule has 0 saturated heterocycles. The molecule has 22 heavy (non-hydrogen) atoms. The monoisotopic (exact) mass is 299 g/mol. The van der Waals surface area contributed by atoms with Gasteiger partial charge in [-0.2, -0.15) is 0 Å². The molecule has 120 valence electrons. The first kappa shape index (κ1) is 15.5. The molecule has 3 heteroatoms. The SMILES string of the molecule is CCCCC1CCC(C(N)c2cnc3c(C)cccn23)CC1. The van der Waals surface area contributed by atoms with Gasteiger partial charge in [-0.1, -0.05) is 45.1 Å². The maximum Gasteiger partial charge on any atom is 0.139 e. The van der Waals surface area contributed by atoms with E-state index in [0.29, 0.717) is 5.92 Å². The summed E-state index contributed by atoms with van der Waals surface area (Å²) in [5.41, 5.74) is 10.0. The van der Waals surface area contributed by atoms with Crippen molar-refractivity contribution in [3.05, 3.63) is 35.8 Å². The van der Waals surface area contributed by atoms with E-state index in [2.05, 4.69) is 41.6 Å². The summed E-state index contributed by atoms with van der Waals surface area (Å²) in [5, 5.41) is 0. The van der Waals surface area contributed by atoms with Gasteiger partial charge in [0, 0.05) is 12.2 Å². The van der Waals surface area contributed by atoms with E-state index >= 15 is 0 Å². The van der Waals surface area contributed by atoms with Crippen LogP contribution in [0.1, 0.15) is 69.2 Å². The molecule has 0 spiro atoms. The summed E-state index contributed by atoms with van der Waals surface area (Å²) < 4.78 is 2.18. The number of nitrogens with two attached hydrogens (primary N) is 1. The van der Waals surface area contributed by atoms with Crippen molar-refractivity contribution in [1.29, 1.82) is 0 Å². The van der Waals surface area contributed by atoms with Gasteiger partial charge < -0.3 is 10.1 Å². The third-order valence-electron chi connectivity index (χ3n) is 5.47. The Morgan fingerprint density at radius 3 is 2.82 bits per heavy atom. The van der Waals surface area contributed by atoms with Gasteiger partial charge in [0.15, 0.2) is 0 Å². The summed E-state index contributed by atoms with van der Waals surface area (Å²) >= 11 is 0. The summed E-state index contributed by atoms with van der Waals surface area (Å²) in [5.74, 6) is 1.55. The Balaban J connectivity index is 1.69. The van der Waals surface area contributed by atoms with Crippen LogP contribution in [-0.4, -0.2) is 9.38 Å². The van der Waals surface area contributed by atoms with E-state index in [4.69, 9.17) is 5.73 Å². The first-order valence-electron chi connectivity index (χ1n) is 8.88. The van der Waals surface area contributed by atoms with Gasteiger partial charge >= 0.3 is 0 Å². The van der Waals surface area contributed by atoms with Crippen molar-refractivity contribution in [3.8, 4) is 0 Å². The van der Waals surface area contributed by atoms with Gasteiger partial charge in [0.2, 0.25) is 0 Å². The molecular formula is C19H29N3. The highest BCUT2D eigenvalue weighted by atomic mass is 15.0. The van der Waals surface area contributed by atoms with E-state index in [1.165, 1.54) is 56.2 Å². The van der Waals surface area contributed by atoms with Crippen LogP contribution in [0.15, 0.2) is 24.5 Å². The van der Waals surface area contributed by atoms with Crippen molar-refractivity contribution in [1.82, 2.24) is 9.38 Å². The number of fused-ring (bicyclic) bond motifs is 1. The molecule has 1 aliphatic rings. The lowest BCUT2D eigenvalue weighted by molar-refractivity contribution is 0.230. The number of hydrogen-bond acceptors (Lipinski definition) is 2. The van der Waals surface area contributed by atoms with Gasteiger partial charge in [-0.15, -0.1) is 0 Å². The van der Waals surface area contributed by atoms with E-state index in [1.807, 2.05) is 6.20 Å². The zero-order chi connectivity index (χ0) is 15.5. The fraction of sp³-hybridized carbons (Fsp3) is 0.632. The predicted molar refractivity (Wildman–Crippen MR) is 91.8 cm³/mol. The standard InChI is InChI=1S/C19H29N3/c1-3-4-7-15-8-10-16(11-9-15)18(20)17-13-21-19-14(2)6-5-12-22(17)19/h5-6,12-13,15-16,18H,3-4,7-11,20H2,1-2H3. The van der Waals surface area contributed by atoms with Crippen LogP contribution in [0.4, 0.5) is 0 Å². The van der Waals surface area contributed by atoms with Gasteiger partial charge in [0.25, 0.3) is 0 Å². The Labute approximate surface area is 133 Å². The van der Waals surface area contributed by atoms with Crippen LogP contribution in [0.2, 0.25) is 0 Å². The van der Waals surface area contributed by atoms with Crippen molar-refractivity contribution in [2.45, 2.75) is 64.8 Å². The minimum absolute atomic E-state index is 0.115. The summed E-state index contributed by atoms with van der Waals surface area (Å²) in [7, 11) is 0. The van der Waals surface area contributed by atoms with Crippen molar-refractivity contribution >= 4 is 5.65 Å². The number of aromatic nitrogens is 2. The normalized spacial score (nSPS) is 23.8. The fourth-order valence-corrected chi connectivity index (χ4v) is 3.99. The lowest BCUT2D eigenvalue weighted by atomic mass is 9.76. The minimum Gasteiger partial charge on any atom is -0.322 e. The fourth-order valence-electron chi connectivity index (χ4n) is 3.99. The molecule has 0 aliphatic heterocycles. The van der Waals surface area contributed by atoms with E-state index in [-0.39, 0.29) is 6.04 Å². The van der Waals surface area contributed by atoms with Crippen molar-refractivity contribution in [2.24, 2.45) is 17.6 Å². The van der Waals surface area contributed by atoms with Crippen LogP contribution in [0, 0.1) is 18.8 Å². The van der Waals surface area contributed by atoms with Crippen molar-refractivity contribution < 1.29 is 0 Å². The van der Waals surface area contributed by atoms with E-state index in [0.717, 1.165) is 11.6 Å². The molecule has 2 aromatic rings. The van der Waals surface area contributed by atoms with Gasteiger partial charge in [0.05, 0.1) is 11.9 Å². The Kier molecular flexibility index (Phi) is 4.82. The number of imidazole rings is 1. The van der Waals surface area contributed by atoms with Crippen LogP contribution in [0.25, 0.3) is 5.65 Å². The third kappa shape index (κ3) is 3.05. The molecule has 1 aliphatic carbocycles. The summed E-state index contributed by atoms with van der Waals surface area (Å²) in [4.78, 5) is 4.57. The highest BCUT2D eigenvalue weighted by Gasteiger charge is 2.27. The second-order valence-electron chi connectivity index (χ2n) is 7.02. The first-order valence-corrected chi connectivity index (χ1v) is 8.88.